The molecule has 0 radical (unpaired) electrons. The lowest BCUT2D eigenvalue weighted by molar-refractivity contribution is -0.131. The van der Waals surface area contributed by atoms with E-state index in [0.29, 0.717) is 18.1 Å². The molecule has 0 amide bonds. The first-order chi connectivity index (χ1) is 9.54. The summed E-state index contributed by atoms with van der Waals surface area (Å²) in [6.45, 7) is 4.11. The molecular weight excluding hydrogens is 276 g/mol. The van der Waals surface area contributed by atoms with Gasteiger partial charge in [0.15, 0.2) is 0 Å². The minimum Gasteiger partial charge on any atom is -0.485 e. The van der Waals surface area contributed by atoms with Gasteiger partial charge in [-0.1, -0.05) is 0 Å². The summed E-state index contributed by atoms with van der Waals surface area (Å²) in [5, 5.41) is 11.6. The zero-order valence-corrected chi connectivity index (χ0v) is 12.0. The maximum atomic E-state index is 10.6. The molecule has 2 rings (SSSR count). The van der Waals surface area contributed by atoms with Crippen LogP contribution in [0.15, 0.2) is 23.6 Å². The Morgan fingerprint density at radius 3 is 2.85 bits per heavy atom. The average Bonchev–Trinajstić information content (AvgIpc) is 2.81. The van der Waals surface area contributed by atoms with Gasteiger partial charge in [-0.3, -0.25) is 0 Å². The van der Waals surface area contributed by atoms with Crippen LogP contribution in [0.2, 0.25) is 0 Å². The van der Waals surface area contributed by atoms with Gasteiger partial charge in [-0.15, -0.1) is 11.3 Å². The third-order valence-corrected chi connectivity index (χ3v) is 3.27. The maximum Gasteiger partial charge on any atom is 0.328 e. The van der Waals surface area contributed by atoms with Crippen LogP contribution in [-0.2, 0) is 11.4 Å². The van der Waals surface area contributed by atoms with Crippen LogP contribution < -0.4 is 4.74 Å². The monoisotopic (exact) mass is 290 g/mol. The van der Waals surface area contributed by atoms with Gasteiger partial charge >= 0.3 is 5.97 Å². The molecule has 2 aromatic heterocycles. The molecule has 0 spiro atoms. The number of carboxylic acid groups (broad SMARTS) is 1. The molecule has 0 saturated heterocycles. The Bertz CT molecular complexity index is 650. The van der Waals surface area contributed by atoms with Crippen molar-refractivity contribution in [2.24, 2.45) is 0 Å². The number of thiazole rings is 1. The molecule has 0 unspecified atom stereocenters. The number of carbonyl (C=O) groups is 1. The SMILES string of the molecule is Cc1ccc(OCc2csc(C)n2)c(C=CC(=O)O)n1. The second-order valence-corrected chi connectivity index (χ2v) is 5.22. The van der Waals surface area contributed by atoms with E-state index in [-0.39, 0.29) is 0 Å². The van der Waals surface area contributed by atoms with E-state index in [1.54, 1.807) is 17.4 Å². The number of ether oxygens (including phenoxy) is 1. The van der Waals surface area contributed by atoms with E-state index in [1.165, 1.54) is 6.08 Å². The first kappa shape index (κ1) is 14.2. The molecule has 0 aromatic carbocycles. The molecule has 2 aromatic rings. The van der Waals surface area contributed by atoms with Crippen molar-refractivity contribution in [1.82, 2.24) is 9.97 Å². The fourth-order valence-electron chi connectivity index (χ4n) is 1.58. The molecule has 0 aliphatic carbocycles. The van der Waals surface area contributed by atoms with Gasteiger partial charge in [0.25, 0.3) is 0 Å². The minimum atomic E-state index is -1.02. The molecule has 0 saturated carbocycles. The van der Waals surface area contributed by atoms with E-state index in [9.17, 15) is 4.79 Å². The summed E-state index contributed by atoms with van der Waals surface area (Å²) in [5.41, 5.74) is 2.15. The van der Waals surface area contributed by atoms with Crippen LogP contribution >= 0.6 is 11.3 Å². The summed E-state index contributed by atoms with van der Waals surface area (Å²) in [6, 6.07) is 3.60. The molecule has 20 heavy (non-hydrogen) atoms. The number of aromatic nitrogens is 2. The van der Waals surface area contributed by atoms with Crippen LogP contribution in [0.3, 0.4) is 0 Å². The summed E-state index contributed by atoms with van der Waals surface area (Å²) in [4.78, 5) is 19.2. The van der Waals surface area contributed by atoms with Crippen LogP contribution in [0.5, 0.6) is 5.75 Å². The van der Waals surface area contributed by atoms with Gasteiger partial charge in [0, 0.05) is 17.2 Å². The Morgan fingerprint density at radius 1 is 1.40 bits per heavy atom. The molecule has 0 atom stereocenters. The molecule has 0 aliphatic rings. The first-order valence-electron chi connectivity index (χ1n) is 5.97. The second kappa shape index (κ2) is 6.29. The lowest BCUT2D eigenvalue weighted by atomic mass is 10.2. The van der Waals surface area contributed by atoms with E-state index in [1.807, 2.05) is 25.3 Å². The molecule has 1 N–H and O–H groups in total. The topological polar surface area (TPSA) is 72.3 Å². The lowest BCUT2D eigenvalue weighted by Gasteiger charge is -2.08. The van der Waals surface area contributed by atoms with E-state index in [2.05, 4.69) is 9.97 Å². The Labute approximate surface area is 120 Å². The van der Waals surface area contributed by atoms with Crippen molar-refractivity contribution >= 4 is 23.4 Å². The second-order valence-electron chi connectivity index (χ2n) is 4.15. The number of aliphatic carboxylic acids is 1. The fourth-order valence-corrected chi connectivity index (χ4v) is 2.18. The summed E-state index contributed by atoms with van der Waals surface area (Å²) < 4.78 is 5.66. The third kappa shape index (κ3) is 3.89. The van der Waals surface area contributed by atoms with E-state index in [4.69, 9.17) is 9.84 Å². The van der Waals surface area contributed by atoms with Gasteiger partial charge < -0.3 is 9.84 Å². The van der Waals surface area contributed by atoms with E-state index in [0.717, 1.165) is 22.5 Å². The van der Waals surface area contributed by atoms with Gasteiger partial charge in [0.1, 0.15) is 18.1 Å². The van der Waals surface area contributed by atoms with Gasteiger partial charge in [-0.2, -0.15) is 0 Å². The summed E-state index contributed by atoms with van der Waals surface area (Å²) in [5.74, 6) is -0.479. The summed E-state index contributed by atoms with van der Waals surface area (Å²) in [6.07, 6.45) is 2.47. The molecule has 0 aliphatic heterocycles. The van der Waals surface area contributed by atoms with Crippen molar-refractivity contribution in [3.8, 4) is 5.75 Å². The van der Waals surface area contributed by atoms with Gasteiger partial charge in [-0.25, -0.2) is 14.8 Å². The highest BCUT2D eigenvalue weighted by molar-refractivity contribution is 7.09. The molecule has 104 valence electrons. The highest BCUT2D eigenvalue weighted by atomic mass is 32.1. The number of rotatable bonds is 5. The first-order valence-corrected chi connectivity index (χ1v) is 6.85. The third-order valence-electron chi connectivity index (χ3n) is 2.45. The van der Waals surface area contributed by atoms with Gasteiger partial charge in [-0.05, 0) is 32.1 Å². The predicted molar refractivity (Wildman–Crippen MR) is 76.8 cm³/mol. The Morgan fingerprint density at radius 2 is 2.20 bits per heavy atom. The zero-order chi connectivity index (χ0) is 14.5. The highest BCUT2D eigenvalue weighted by Gasteiger charge is 2.06. The Kier molecular flexibility index (Phi) is 4.47. The van der Waals surface area contributed by atoms with E-state index >= 15 is 0 Å². The number of hydrogen-bond donors (Lipinski definition) is 1. The normalized spacial score (nSPS) is 10.9. The van der Waals surface area contributed by atoms with Crippen molar-refractivity contribution in [3.05, 3.63) is 45.7 Å². The van der Waals surface area contributed by atoms with Crippen LogP contribution in [-0.4, -0.2) is 21.0 Å². The van der Waals surface area contributed by atoms with Crippen molar-refractivity contribution < 1.29 is 14.6 Å². The quantitative estimate of drug-likeness (QED) is 0.857. The molecule has 0 bridgehead atoms. The van der Waals surface area contributed by atoms with Gasteiger partial charge in [0.2, 0.25) is 0 Å². The van der Waals surface area contributed by atoms with Crippen molar-refractivity contribution in [1.29, 1.82) is 0 Å². The standard InChI is InChI=1S/C14H14N2O3S/c1-9-3-5-13(12(15-9)4-6-14(17)18)19-7-11-8-20-10(2)16-11/h3-6,8H,7H2,1-2H3,(H,17,18). The molecule has 2 heterocycles. The van der Waals surface area contributed by atoms with Crippen LogP contribution in [0.1, 0.15) is 22.1 Å². The fraction of sp³-hybridized carbons (Fsp3) is 0.214. The van der Waals surface area contributed by atoms with Crippen molar-refractivity contribution in [2.75, 3.05) is 0 Å². The maximum absolute atomic E-state index is 10.6. The minimum absolute atomic E-state index is 0.336. The summed E-state index contributed by atoms with van der Waals surface area (Å²) in [7, 11) is 0. The smallest absolute Gasteiger partial charge is 0.328 e. The van der Waals surface area contributed by atoms with Crippen LogP contribution in [0, 0.1) is 13.8 Å². The van der Waals surface area contributed by atoms with Crippen LogP contribution in [0.25, 0.3) is 6.08 Å². The van der Waals surface area contributed by atoms with E-state index < -0.39 is 5.97 Å². The Hall–Kier alpha value is -2.21. The predicted octanol–water partition coefficient (Wildman–Crippen LogP) is 2.83. The zero-order valence-electron chi connectivity index (χ0n) is 11.2. The molecule has 6 heteroatoms. The molecule has 5 nitrogen and oxygen atoms in total. The number of nitrogens with zero attached hydrogens (tertiary/aromatic N) is 2. The number of carboxylic acids is 1. The molecule has 0 fully saturated rings. The lowest BCUT2D eigenvalue weighted by Crippen LogP contribution is -2.00. The number of pyridine rings is 1. The van der Waals surface area contributed by atoms with Crippen molar-refractivity contribution in [2.45, 2.75) is 20.5 Å². The Balaban J connectivity index is 2.15. The number of hydrogen-bond acceptors (Lipinski definition) is 5. The number of aryl methyl sites for hydroxylation is 2. The highest BCUT2D eigenvalue weighted by Crippen LogP contribution is 2.20. The summed E-state index contributed by atoms with van der Waals surface area (Å²) >= 11 is 1.56. The van der Waals surface area contributed by atoms with Crippen LogP contribution in [0.4, 0.5) is 0 Å². The van der Waals surface area contributed by atoms with Crippen molar-refractivity contribution in [3.63, 3.8) is 0 Å². The average molecular weight is 290 g/mol. The molecular formula is C14H14N2O3S. The van der Waals surface area contributed by atoms with Gasteiger partial charge in [0.05, 0.1) is 10.7 Å². The largest absolute Gasteiger partial charge is 0.485 e.